The van der Waals surface area contributed by atoms with E-state index in [0.717, 1.165) is 0 Å². The largest absolute Gasteiger partial charge is 0.380 e. The van der Waals surface area contributed by atoms with Crippen LogP contribution in [0.4, 0.5) is 0 Å². The maximum absolute atomic E-state index is 11.4. The van der Waals surface area contributed by atoms with Crippen molar-refractivity contribution in [1.82, 2.24) is 0 Å². The van der Waals surface area contributed by atoms with E-state index in [-0.39, 0.29) is 11.0 Å². The van der Waals surface area contributed by atoms with Gasteiger partial charge in [0.2, 0.25) is 0 Å². The molecule has 4 heteroatoms. The van der Waals surface area contributed by atoms with Gasteiger partial charge in [-0.3, -0.25) is 0 Å². The monoisotopic (exact) mass is 188 g/mol. The van der Waals surface area contributed by atoms with E-state index in [1.165, 1.54) is 0 Å². The molecule has 1 saturated heterocycles. The summed E-state index contributed by atoms with van der Waals surface area (Å²) in [6.45, 7) is 0.896. The van der Waals surface area contributed by atoms with Crippen LogP contribution >= 0.6 is 0 Å². The summed E-state index contributed by atoms with van der Waals surface area (Å²) >= 11 is 0. The summed E-state index contributed by atoms with van der Waals surface area (Å²) in [6, 6.07) is 0. The first-order valence-corrected chi connectivity index (χ1v) is 5.61. The average molecular weight is 188 g/mol. The highest BCUT2D eigenvalue weighted by molar-refractivity contribution is 7.92. The van der Waals surface area contributed by atoms with Gasteiger partial charge in [-0.05, 0) is 6.42 Å². The maximum Gasteiger partial charge on any atom is 0.156 e. The van der Waals surface area contributed by atoms with E-state index in [9.17, 15) is 8.42 Å². The normalized spacial score (nSPS) is 23.8. The molecule has 3 nitrogen and oxygen atoms in total. The van der Waals surface area contributed by atoms with Crippen molar-refractivity contribution in [1.29, 1.82) is 0 Å². The second kappa shape index (κ2) is 3.92. The lowest BCUT2D eigenvalue weighted by atomic mass is 10.4. The third-order valence-corrected chi connectivity index (χ3v) is 4.09. The van der Waals surface area contributed by atoms with Crippen LogP contribution in [0.25, 0.3) is 0 Å². The molecular weight excluding hydrogens is 176 g/mol. The van der Waals surface area contributed by atoms with E-state index in [1.807, 2.05) is 0 Å². The molecule has 1 fully saturated rings. The molecule has 1 aliphatic rings. The SMILES string of the molecule is C#CCCS(=O)(=O)C1CCOC1. The zero-order chi connectivity index (χ0) is 9.03. The summed E-state index contributed by atoms with van der Waals surface area (Å²) in [5.74, 6) is 2.42. The van der Waals surface area contributed by atoms with Gasteiger partial charge in [-0.25, -0.2) is 8.42 Å². The Balaban J connectivity index is 2.53. The van der Waals surface area contributed by atoms with Crippen LogP contribution in [0.5, 0.6) is 0 Å². The van der Waals surface area contributed by atoms with Crippen LogP contribution in [0.1, 0.15) is 12.8 Å². The van der Waals surface area contributed by atoms with Gasteiger partial charge < -0.3 is 4.74 Å². The highest BCUT2D eigenvalue weighted by Gasteiger charge is 2.28. The predicted molar refractivity (Wildman–Crippen MR) is 46.5 cm³/mol. The van der Waals surface area contributed by atoms with Gasteiger partial charge in [0.25, 0.3) is 0 Å². The summed E-state index contributed by atoms with van der Waals surface area (Å²) in [6.07, 6.45) is 5.91. The number of hydrogen-bond acceptors (Lipinski definition) is 3. The van der Waals surface area contributed by atoms with Gasteiger partial charge in [0.15, 0.2) is 9.84 Å². The van der Waals surface area contributed by atoms with Crippen LogP contribution in [0, 0.1) is 12.3 Å². The van der Waals surface area contributed by atoms with E-state index >= 15 is 0 Å². The lowest BCUT2D eigenvalue weighted by Crippen LogP contribution is -2.23. The van der Waals surface area contributed by atoms with E-state index in [1.54, 1.807) is 0 Å². The Bertz CT molecular complexity index is 267. The molecule has 0 aromatic carbocycles. The van der Waals surface area contributed by atoms with Crippen molar-refractivity contribution in [3.63, 3.8) is 0 Å². The number of ether oxygens (including phenoxy) is 1. The zero-order valence-electron chi connectivity index (χ0n) is 6.82. The summed E-state index contributed by atoms with van der Waals surface area (Å²) < 4.78 is 27.8. The first-order valence-electron chi connectivity index (χ1n) is 3.89. The molecule has 12 heavy (non-hydrogen) atoms. The Morgan fingerprint density at radius 3 is 2.83 bits per heavy atom. The standard InChI is InChI=1S/C8H12O3S/c1-2-3-6-12(9,10)8-4-5-11-7-8/h1,8H,3-7H2. The summed E-state index contributed by atoms with van der Waals surface area (Å²) in [5.41, 5.74) is 0. The minimum atomic E-state index is -2.99. The van der Waals surface area contributed by atoms with Gasteiger partial charge >= 0.3 is 0 Å². The molecule has 0 aliphatic carbocycles. The van der Waals surface area contributed by atoms with Gasteiger partial charge in [0.05, 0.1) is 17.6 Å². The molecule has 68 valence electrons. The van der Waals surface area contributed by atoms with Crippen molar-refractivity contribution in [3.05, 3.63) is 0 Å². The molecule has 1 heterocycles. The minimum Gasteiger partial charge on any atom is -0.380 e. The Morgan fingerprint density at radius 2 is 2.33 bits per heavy atom. The molecule has 1 unspecified atom stereocenters. The molecule has 0 aromatic rings. The lowest BCUT2D eigenvalue weighted by molar-refractivity contribution is 0.198. The third-order valence-electron chi connectivity index (χ3n) is 1.93. The van der Waals surface area contributed by atoms with Crippen LogP contribution in [-0.2, 0) is 14.6 Å². The van der Waals surface area contributed by atoms with Crippen molar-refractivity contribution >= 4 is 9.84 Å². The molecule has 0 amide bonds. The summed E-state index contributed by atoms with van der Waals surface area (Å²) in [4.78, 5) is 0. The van der Waals surface area contributed by atoms with E-state index in [2.05, 4.69) is 5.92 Å². The molecular formula is C8H12O3S. The molecule has 0 N–H and O–H groups in total. The Labute approximate surface area is 73.0 Å². The average Bonchev–Trinajstić information content (AvgIpc) is 2.53. The van der Waals surface area contributed by atoms with E-state index in [4.69, 9.17) is 11.2 Å². The van der Waals surface area contributed by atoms with Crippen LogP contribution < -0.4 is 0 Å². The van der Waals surface area contributed by atoms with Gasteiger partial charge in [0.1, 0.15) is 0 Å². The highest BCUT2D eigenvalue weighted by Crippen LogP contribution is 2.14. The molecule has 0 spiro atoms. The Morgan fingerprint density at radius 1 is 1.58 bits per heavy atom. The van der Waals surface area contributed by atoms with Crippen molar-refractivity contribution in [2.75, 3.05) is 19.0 Å². The van der Waals surface area contributed by atoms with Crippen LogP contribution in [0.3, 0.4) is 0 Å². The van der Waals surface area contributed by atoms with Crippen LogP contribution in [-0.4, -0.2) is 32.6 Å². The fraction of sp³-hybridized carbons (Fsp3) is 0.750. The predicted octanol–water partition coefficient (Wildman–Crippen LogP) is 0.213. The summed E-state index contributed by atoms with van der Waals surface area (Å²) in [5, 5.41) is -0.314. The number of terminal acetylenes is 1. The van der Waals surface area contributed by atoms with Crippen molar-refractivity contribution < 1.29 is 13.2 Å². The van der Waals surface area contributed by atoms with Gasteiger partial charge in [0, 0.05) is 13.0 Å². The number of sulfone groups is 1. The van der Waals surface area contributed by atoms with Crippen molar-refractivity contribution in [3.8, 4) is 12.3 Å². The van der Waals surface area contributed by atoms with E-state index < -0.39 is 9.84 Å². The van der Waals surface area contributed by atoms with Gasteiger partial charge in [-0.2, -0.15) is 0 Å². The quantitative estimate of drug-likeness (QED) is 0.595. The lowest BCUT2D eigenvalue weighted by Gasteiger charge is -2.06. The van der Waals surface area contributed by atoms with Crippen molar-refractivity contribution in [2.45, 2.75) is 18.1 Å². The van der Waals surface area contributed by atoms with Gasteiger partial charge in [-0.15, -0.1) is 12.3 Å². The Kier molecular flexibility index (Phi) is 3.12. The summed E-state index contributed by atoms with van der Waals surface area (Å²) in [7, 11) is -2.99. The molecule has 1 aliphatic heterocycles. The fourth-order valence-corrected chi connectivity index (χ4v) is 2.66. The topological polar surface area (TPSA) is 43.4 Å². The number of hydrogen-bond donors (Lipinski definition) is 0. The van der Waals surface area contributed by atoms with Gasteiger partial charge in [-0.1, -0.05) is 0 Å². The number of rotatable bonds is 3. The second-order valence-corrected chi connectivity index (χ2v) is 5.21. The van der Waals surface area contributed by atoms with Crippen molar-refractivity contribution in [2.24, 2.45) is 0 Å². The second-order valence-electron chi connectivity index (χ2n) is 2.81. The molecule has 1 rings (SSSR count). The Hall–Kier alpha value is -0.530. The van der Waals surface area contributed by atoms with Crippen LogP contribution in [0.15, 0.2) is 0 Å². The van der Waals surface area contributed by atoms with Crippen LogP contribution in [0.2, 0.25) is 0 Å². The fourth-order valence-electron chi connectivity index (χ4n) is 1.16. The molecule has 0 saturated carbocycles. The maximum atomic E-state index is 11.4. The third kappa shape index (κ3) is 2.23. The molecule has 1 atom stereocenters. The highest BCUT2D eigenvalue weighted by atomic mass is 32.2. The molecule has 0 bridgehead atoms. The smallest absolute Gasteiger partial charge is 0.156 e. The first kappa shape index (κ1) is 9.56. The molecule has 0 radical (unpaired) electrons. The first-order chi connectivity index (χ1) is 5.67. The molecule has 0 aromatic heterocycles. The minimum absolute atomic E-state index is 0.0948. The van der Waals surface area contributed by atoms with E-state index in [0.29, 0.717) is 26.1 Å². The zero-order valence-corrected chi connectivity index (χ0v) is 7.64.